The molecule has 0 radical (unpaired) electrons. The van der Waals surface area contributed by atoms with Gasteiger partial charge in [0, 0.05) is 0 Å². The van der Waals surface area contributed by atoms with E-state index in [2.05, 4.69) is 14.8 Å². The molecule has 0 aromatic rings. The molecule has 0 aliphatic carbocycles. The van der Waals surface area contributed by atoms with Gasteiger partial charge in [-0.25, -0.2) is 0 Å². The molecule has 0 aromatic heterocycles. The Bertz CT molecular complexity index is 370. The molecule has 0 bridgehead atoms. The minimum atomic E-state index is -1.75. The van der Waals surface area contributed by atoms with E-state index in [-0.39, 0.29) is 0 Å². The van der Waals surface area contributed by atoms with E-state index in [0.717, 1.165) is 0 Å². The van der Waals surface area contributed by atoms with E-state index in [1.165, 1.54) is 0 Å². The quantitative estimate of drug-likeness (QED) is 0.161. The van der Waals surface area contributed by atoms with Crippen molar-refractivity contribution in [2.75, 3.05) is 13.2 Å². The fourth-order valence-electron chi connectivity index (χ4n) is 2.39. The Labute approximate surface area is 141 Å². The van der Waals surface area contributed by atoms with Crippen LogP contribution in [0.4, 0.5) is 0 Å². The molecule has 25 heavy (non-hydrogen) atoms. The van der Waals surface area contributed by atoms with Crippen LogP contribution in [0.5, 0.6) is 0 Å². The van der Waals surface area contributed by atoms with Crippen molar-refractivity contribution in [1.82, 2.24) is 0 Å². The molecular formula is C12H22O13. The molecule has 0 amide bonds. The Morgan fingerprint density at radius 2 is 0.920 bits per heavy atom. The highest BCUT2D eigenvalue weighted by atomic mass is 17.5. The smallest absolute Gasteiger partial charge is 0.223 e. The molecule has 0 unspecified atom stereocenters. The third kappa shape index (κ3) is 4.42. The highest BCUT2D eigenvalue weighted by Gasteiger charge is 2.47. The Morgan fingerprint density at radius 1 is 0.560 bits per heavy atom. The van der Waals surface area contributed by atoms with Gasteiger partial charge in [-0.15, -0.1) is 0 Å². The average molecular weight is 374 g/mol. The second kappa shape index (κ2) is 8.92. The number of aliphatic hydroxyl groups excluding tert-OH is 8. The molecule has 0 spiro atoms. The zero-order valence-corrected chi connectivity index (χ0v) is 12.8. The van der Waals surface area contributed by atoms with Crippen molar-refractivity contribution in [2.24, 2.45) is 0 Å². The van der Waals surface area contributed by atoms with Crippen LogP contribution in [0.3, 0.4) is 0 Å². The van der Waals surface area contributed by atoms with Gasteiger partial charge >= 0.3 is 0 Å². The van der Waals surface area contributed by atoms with Crippen LogP contribution in [-0.4, -0.2) is 115 Å². The predicted octanol–water partition coefficient (Wildman–Crippen LogP) is -5.53. The van der Waals surface area contributed by atoms with E-state index in [1.54, 1.807) is 0 Å². The summed E-state index contributed by atoms with van der Waals surface area (Å²) in [7, 11) is 0. The van der Waals surface area contributed by atoms with Gasteiger partial charge in [0.05, 0.1) is 13.2 Å². The largest absolute Gasteiger partial charge is 0.394 e. The summed E-state index contributed by atoms with van der Waals surface area (Å²) in [4.78, 5) is 9.11. The molecule has 10 atom stereocenters. The Morgan fingerprint density at radius 3 is 1.24 bits per heavy atom. The monoisotopic (exact) mass is 374 g/mol. The molecule has 13 heteroatoms. The van der Waals surface area contributed by atoms with Gasteiger partial charge in [-0.2, -0.15) is 9.78 Å². The van der Waals surface area contributed by atoms with Crippen LogP contribution in [0, 0.1) is 0 Å². The molecule has 13 nitrogen and oxygen atoms in total. The van der Waals surface area contributed by atoms with Gasteiger partial charge in [0.2, 0.25) is 12.6 Å². The molecular weight excluding hydrogens is 352 g/mol. The summed E-state index contributed by atoms with van der Waals surface area (Å²) in [5, 5.41) is 80.1. The minimum absolute atomic E-state index is 0.682. The third-order valence-corrected chi connectivity index (χ3v) is 3.97. The van der Waals surface area contributed by atoms with Crippen LogP contribution in [-0.2, 0) is 24.3 Å². The normalized spacial score (nSPS) is 48.5. The third-order valence-electron chi connectivity index (χ3n) is 3.97. The summed E-state index contributed by atoms with van der Waals surface area (Å²) < 4.78 is 9.91. The molecule has 148 valence electrons. The van der Waals surface area contributed by atoms with Crippen molar-refractivity contribution in [3.05, 3.63) is 0 Å². The molecule has 2 aliphatic heterocycles. The Hall–Kier alpha value is -0.520. The van der Waals surface area contributed by atoms with Crippen molar-refractivity contribution in [3.63, 3.8) is 0 Å². The van der Waals surface area contributed by atoms with E-state index in [1.807, 2.05) is 0 Å². The van der Waals surface area contributed by atoms with Gasteiger partial charge in [-0.1, -0.05) is 5.04 Å². The van der Waals surface area contributed by atoms with Gasteiger partial charge in [-0.05, 0) is 0 Å². The summed E-state index contributed by atoms with van der Waals surface area (Å²) in [6.07, 6.45) is -15.9. The maximum Gasteiger partial charge on any atom is 0.223 e. The molecule has 0 aromatic carbocycles. The lowest BCUT2D eigenvalue weighted by atomic mass is 9.99. The summed E-state index contributed by atoms with van der Waals surface area (Å²) in [5.41, 5.74) is 0. The van der Waals surface area contributed by atoms with Crippen LogP contribution in [0.15, 0.2) is 0 Å². The second-order valence-electron chi connectivity index (χ2n) is 5.66. The fourth-order valence-corrected chi connectivity index (χ4v) is 2.39. The van der Waals surface area contributed by atoms with Crippen molar-refractivity contribution in [2.45, 2.75) is 61.4 Å². The first-order valence-corrected chi connectivity index (χ1v) is 7.41. The average Bonchev–Trinajstić information content (AvgIpc) is 2.61. The van der Waals surface area contributed by atoms with Crippen LogP contribution in [0.1, 0.15) is 0 Å². The van der Waals surface area contributed by atoms with Crippen LogP contribution in [0.2, 0.25) is 0 Å². The number of rotatable bonds is 6. The van der Waals surface area contributed by atoms with Crippen molar-refractivity contribution < 1.29 is 65.1 Å². The van der Waals surface area contributed by atoms with Gasteiger partial charge < -0.3 is 50.3 Å². The van der Waals surface area contributed by atoms with Crippen molar-refractivity contribution in [1.29, 1.82) is 0 Å². The van der Waals surface area contributed by atoms with Crippen molar-refractivity contribution >= 4 is 0 Å². The molecule has 2 saturated heterocycles. The SMILES string of the molecule is OC[C@H]1O[C@@H](OOO[C@@H]2O[C@H](CO)[C@@H](O)[C@H](O)[C@H]2O)[C@H](O)[C@@H](O)[C@@H]1O. The van der Waals surface area contributed by atoms with Gasteiger partial charge in [0.1, 0.15) is 48.8 Å². The molecule has 0 saturated carbocycles. The fraction of sp³-hybridized carbons (Fsp3) is 1.00. The number of aliphatic hydroxyl groups is 8. The standard InChI is InChI=1S/C12H22O13/c13-1-3-5(15)7(17)9(19)11(21-3)23-25-24-12-10(20)8(18)6(16)4(2-14)22-12/h3-20H,1-2H2/t3-,4-,5-,6-,7+,8+,9-,10-,11+,12+/m1/s1. The molecule has 2 aliphatic rings. The van der Waals surface area contributed by atoms with Gasteiger partial charge in [-0.3, -0.25) is 0 Å². The summed E-state index contributed by atoms with van der Waals surface area (Å²) in [6.45, 7) is -1.36. The highest BCUT2D eigenvalue weighted by Crippen LogP contribution is 2.24. The molecule has 2 fully saturated rings. The Kier molecular flexibility index (Phi) is 7.41. The van der Waals surface area contributed by atoms with E-state index in [9.17, 15) is 30.6 Å². The van der Waals surface area contributed by atoms with Gasteiger partial charge in [0.15, 0.2) is 0 Å². The number of hydrogen-bond acceptors (Lipinski definition) is 13. The highest BCUT2D eigenvalue weighted by molar-refractivity contribution is 4.89. The van der Waals surface area contributed by atoms with E-state index < -0.39 is 74.6 Å². The molecule has 2 heterocycles. The zero-order chi connectivity index (χ0) is 18.7. The van der Waals surface area contributed by atoms with Crippen LogP contribution < -0.4 is 0 Å². The number of ether oxygens (including phenoxy) is 2. The lowest BCUT2D eigenvalue weighted by Gasteiger charge is -2.40. The summed E-state index contributed by atoms with van der Waals surface area (Å²) in [6, 6.07) is 0. The maximum absolute atomic E-state index is 9.70. The summed E-state index contributed by atoms with van der Waals surface area (Å²) >= 11 is 0. The maximum atomic E-state index is 9.70. The first-order valence-electron chi connectivity index (χ1n) is 7.41. The van der Waals surface area contributed by atoms with E-state index >= 15 is 0 Å². The lowest BCUT2D eigenvalue weighted by Crippen LogP contribution is -2.60. The predicted molar refractivity (Wildman–Crippen MR) is 70.8 cm³/mol. The van der Waals surface area contributed by atoms with Gasteiger partial charge in [0.25, 0.3) is 0 Å². The first-order chi connectivity index (χ1) is 11.8. The lowest BCUT2D eigenvalue weighted by molar-refractivity contribution is -0.595. The Balaban J connectivity index is 1.87. The molecule has 8 N–H and O–H groups in total. The summed E-state index contributed by atoms with van der Waals surface area (Å²) in [5.74, 6) is 0. The zero-order valence-electron chi connectivity index (χ0n) is 12.8. The van der Waals surface area contributed by atoms with Crippen molar-refractivity contribution in [3.8, 4) is 0 Å². The number of hydrogen-bond donors (Lipinski definition) is 8. The van der Waals surface area contributed by atoms with Crippen LogP contribution >= 0.6 is 0 Å². The topological polar surface area (TPSA) is 208 Å². The van der Waals surface area contributed by atoms with Crippen LogP contribution in [0.25, 0.3) is 0 Å². The van der Waals surface area contributed by atoms with E-state index in [0.29, 0.717) is 0 Å². The minimum Gasteiger partial charge on any atom is -0.394 e. The first kappa shape index (κ1) is 20.8. The van der Waals surface area contributed by atoms with E-state index in [4.69, 9.17) is 19.7 Å². The molecule has 2 rings (SSSR count). The second-order valence-corrected chi connectivity index (χ2v) is 5.66.